The molecular weight excluding hydrogens is 412 g/mol. The molecule has 3 rings (SSSR count). The zero-order valence-corrected chi connectivity index (χ0v) is 18.3. The standard InChI is InChI=1S/C18H22N6O3S2/c1-5-6-15-20-22-17(29-15)19-14(25)10-28-18-23-21-16(24(18)2)11-7-8-12(26-3)13(9-11)27-4/h7-9H,5-6,10H2,1-4H3,(H,19,22,25). The summed E-state index contributed by atoms with van der Waals surface area (Å²) in [5, 5.41) is 21.3. The van der Waals surface area contributed by atoms with E-state index in [2.05, 4.69) is 32.6 Å². The fraction of sp³-hybridized carbons (Fsp3) is 0.389. The molecule has 1 aromatic carbocycles. The third kappa shape index (κ3) is 5.04. The summed E-state index contributed by atoms with van der Waals surface area (Å²) in [6, 6.07) is 5.54. The van der Waals surface area contributed by atoms with Gasteiger partial charge in [0.2, 0.25) is 11.0 Å². The molecule has 0 atom stereocenters. The summed E-state index contributed by atoms with van der Waals surface area (Å²) >= 11 is 2.70. The Kier molecular flexibility index (Phi) is 7.04. The predicted molar refractivity (Wildman–Crippen MR) is 113 cm³/mol. The Bertz CT molecular complexity index is 988. The van der Waals surface area contributed by atoms with Crippen molar-refractivity contribution in [2.75, 3.05) is 25.3 Å². The number of rotatable bonds is 9. The first kappa shape index (κ1) is 21.1. The van der Waals surface area contributed by atoms with Crippen molar-refractivity contribution in [2.45, 2.75) is 24.9 Å². The number of hydrogen-bond acceptors (Lipinski definition) is 9. The molecule has 3 aromatic rings. The summed E-state index contributed by atoms with van der Waals surface area (Å²) in [5.41, 5.74) is 0.839. The molecule has 0 saturated heterocycles. The molecule has 154 valence electrons. The number of aromatic nitrogens is 5. The predicted octanol–water partition coefficient (Wildman–Crippen LogP) is 3.03. The normalized spacial score (nSPS) is 10.8. The van der Waals surface area contributed by atoms with Gasteiger partial charge in [-0.15, -0.1) is 20.4 Å². The van der Waals surface area contributed by atoms with E-state index < -0.39 is 0 Å². The maximum absolute atomic E-state index is 12.2. The molecule has 29 heavy (non-hydrogen) atoms. The van der Waals surface area contributed by atoms with Crippen molar-refractivity contribution >= 4 is 34.1 Å². The maximum atomic E-state index is 12.2. The fourth-order valence-electron chi connectivity index (χ4n) is 2.57. The number of aryl methyl sites for hydroxylation is 1. The number of nitrogens with zero attached hydrogens (tertiary/aromatic N) is 5. The van der Waals surface area contributed by atoms with Crippen LogP contribution >= 0.6 is 23.1 Å². The highest BCUT2D eigenvalue weighted by Gasteiger charge is 2.16. The number of carbonyl (C=O) groups excluding carboxylic acids is 1. The molecule has 0 radical (unpaired) electrons. The first-order valence-electron chi connectivity index (χ1n) is 8.92. The molecule has 0 aliphatic heterocycles. The van der Waals surface area contributed by atoms with Crippen molar-refractivity contribution < 1.29 is 14.3 Å². The van der Waals surface area contributed by atoms with Crippen LogP contribution in [0.2, 0.25) is 0 Å². The minimum Gasteiger partial charge on any atom is -0.493 e. The Morgan fingerprint density at radius 1 is 1.17 bits per heavy atom. The molecule has 1 N–H and O–H groups in total. The van der Waals surface area contributed by atoms with Gasteiger partial charge in [0.25, 0.3) is 0 Å². The van der Waals surface area contributed by atoms with Gasteiger partial charge < -0.3 is 14.0 Å². The van der Waals surface area contributed by atoms with E-state index in [-0.39, 0.29) is 11.7 Å². The van der Waals surface area contributed by atoms with Crippen molar-refractivity contribution in [1.82, 2.24) is 25.0 Å². The molecule has 1 amide bonds. The van der Waals surface area contributed by atoms with Crippen molar-refractivity contribution in [1.29, 1.82) is 0 Å². The summed E-state index contributed by atoms with van der Waals surface area (Å²) in [7, 11) is 5.03. The molecule has 0 spiro atoms. The fourth-order valence-corrected chi connectivity index (χ4v) is 4.14. The Balaban J connectivity index is 1.64. The largest absolute Gasteiger partial charge is 0.493 e. The van der Waals surface area contributed by atoms with Gasteiger partial charge in [-0.3, -0.25) is 10.1 Å². The summed E-state index contributed by atoms with van der Waals surface area (Å²) in [5.74, 6) is 1.96. The lowest BCUT2D eigenvalue weighted by molar-refractivity contribution is -0.113. The van der Waals surface area contributed by atoms with Crippen LogP contribution in [0.5, 0.6) is 11.5 Å². The third-order valence-corrected chi connectivity index (χ3v) is 5.90. The van der Waals surface area contributed by atoms with Crippen molar-refractivity contribution in [3.05, 3.63) is 23.2 Å². The average molecular weight is 435 g/mol. The summed E-state index contributed by atoms with van der Waals surface area (Å²) in [4.78, 5) is 12.2. The van der Waals surface area contributed by atoms with Gasteiger partial charge >= 0.3 is 0 Å². The first-order valence-corrected chi connectivity index (χ1v) is 10.7. The molecule has 2 aromatic heterocycles. The van der Waals surface area contributed by atoms with Crippen LogP contribution in [-0.4, -0.2) is 50.8 Å². The van der Waals surface area contributed by atoms with Gasteiger partial charge in [-0.2, -0.15) is 0 Å². The van der Waals surface area contributed by atoms with Crippen LogP contribution in [0.3, 0.4) is 0 Å². The maximum Gasteiger partial charge on any atom is 0.236 e. The Morgan fingerprint density at radius 2 is 1.97 bits per heavy atom. The molecule has 0 saturated carbocycles. The van der Waals surface area contributed by atoms with E-state index in [0.717, 1.165) is 23.4 Å². The number of methoxy groups -OCH3 is 2. The minimum atomic E-state index is -0.162. The molecule has 0 aliphatic carbocycles. The van der Waals surface area contributed by atoms with Crippen LogP contribution in [0.4, 0.5) is 5.13 Å². The van der Waals surface area contributed by atoms with Crippen molar-refractivity contribution in [2.24, 2.45) is 7.05 Å². The van der Waals surface area contributed by atoms with Gasteiger partial charge in [0.1, 0.15) is 5.01 Å². The smallest absolute Gasteiger partial charge is 0.236 e. The molecule has 11 heteroatoms. The van der Waals surface area contributed by atoms with E-state index in [1.807, 2.05) is 29.8 Å². The third-order valence-electron chi connectivity index (χ3n) is 3.99. The molecule has 0 unspecified atom stereocenters. The van der Waals surface area contributed by atoms with Crippen LogP contribution < -0.4 is 14.8 Å². The number of ether oxygens (including phenoxy) is 2. The lowest BCUT2D eigenvalue weighted by Crippen LogP contribution is -2.14. The quantitative estimate of drug-likeness (QED) is 0.513. The second-order valence-electron chi connectivity index (χ2n) is 6.02. The second kappa shape index (κ2) is 9.70. The summed E-state index contributed by atoms with van der Waals surface area (Å²) in [6.45, 7) is 2.08. The van der Waals surface area contributed by atoms with Gasteiger partial charge in [0.05, 0.1) is 20.0 Å². The number of carbonyl (C=O) groups is 1. The second-order valence-corrected chi connectivity index (χ2v) is 8.03. The van der Waals surface area contributed by atoms with Crippen molar-refractivity contribution in [3.8, 4) is 22.9 Å². The highest BCUT2D eigenvalue weighted by atomic mass is 32.2. The molecule has 0 aliphatic rings. The van der Waals surface area contributed by atoms with Gasteiger partial charge in [-0.05, 0) is 24.6 Å². The van der Waals surface area contributed by atoms with Gasteiger partial charge in [-0.25, -0.2) is 0 Å². The molecule has 0 fully saturated rings. The van der Waals surface area contributed by atoms with E-state index in [4.69, 9.17) is 9.47 Å². The van der Waals surface area contributed by atoms with E-state index in [0.29, 0.717) is 27.6 Å². The highest BCUT2D eigenvalue weighted by Crippen LogP contribution is 2.32. The summed E-state index contributed by atoms with van der Waals surface area (Å²) < 4.78 is 12.4. The molecule has 2 heterocycles. The zero-order valence-electron chi connectivity index (χ0n) is 16.6. The number of anilines is 1. The van der Waals surface area contributed by atoms with Crippen LogP contribution in [0.1, 0.15) is 18.4 Å². The lowest BCUT2D eigenvalue weighted by Gasteiger charge is -2.09. The van der Waals surface area contributed by atoms with Crippen LogP contribution in [0.25, 0.3) is 11.4 Å². The number of nitrogens with one attached hydrogen (secondary N) is 1. The topological polar surface area (TPSA) is 104 Å². The van der Waals surface area contributed by atoms with Gasteiger partial charge in [0, 0.05) is 19.0 Å². The molecular formula is C18H22N6O3S2. The lowest BCUT2D eigenvalue weighted by atomic mass is 10.2. The number of benzene rings is 1. The Labute approximate surface area is 176 Å². The van der Waals surface area contributed by atoms with Crippen LogP contribution in [0.15, 0.2) is 23.4 Å². The highest BCUT2D eigenvalue weighted by molar-refractivity contribution is 7.99. The number of hydrogen-bond donors (Lipinski definition) is 1. The van der Waals surface area contributed by atoms with Crippen LogP contribution in [0, 0.1) is 0 Å². The molecule has 9 nitrogen and oxygen atoms in total. The average Bonchev–Trinajstić information content (AvgIpc) is 3.32. The molecule has 0 bridgehead atoms. The Hall–Kier alpha value is -2.66. The number of thioether (sulfide) groups is 1. The van der Waals surface area contributed by atoms with E-state index in [1.165, 1.54) is 23.1 Å². The zero-order chi connectivity index (χ0) is 20.8. The van der Waals surface area contributed by atoms with Gasteiger partial charge in [-0.1, -0.05) is 30.0 Å². The SMILES string of the molecule is CCCc1nnc(NC(=O)CSc2nnc(-c3ccc(OC)c(OC)c3)n2C)s1. The van der Waals surface area contributed by atoms with Gasteiger partial charge in [0.15, 0.2) is 22.5 Å². The van der Waals surface area contributed by atoms with Crippen molar-refractivity contribution in [3.63, 3.8) is 0 Å². The first-order chi connectivity index (χ1) is 14.0. The van der Waals surface area contributed by atoms with Crippen LogP contribution in [-0.2, 0) is 18.3 Å². The minimum absolute atomic E-state index is 0.162. The Morgan fingerprint density at radius 3 is 2.69 bits per heavy atom. The van der Waals surface area contributed by atoms with E-state index in [9.17, 15) is 4.79 Å². The van der Waals surface area contributed by atoms with E-state index >= 15 is 0 Å². The summed E-state index contributed by atoms with van der Waals surface area (Å²) in [6.07, 6.45) is 1.85. The monoisotopic (exact) mass is 434 g/mol. The van der Waals surface area contributed by atoms with E-state index in [1.54, 1.807) is 14.2 Å². The number of amides is 1.